The fourth-order valence-electron chi connectivity index (χ4n) is 2.54. The van der Waals surface area contributed by atoms with Crippen molar-refractivity contribution in [2.45, 2.75) is 27.2 Å². The predicted molar refractivity (Wildman–Crippen MR) is 82.3 cm³/mol. The molecule has 0 bridgehead atoms. The zero-order valence-corrected chi connectivity index (χ0v) is 12.5. The largest absolute Gasteiger partial charge is 0.496 e. The van der Waals surface area contributed by atoms with Crippen molar-refractivity contribution in [1.82, 2.24) is 0 Å². The van der Waals surface area contributed by atoms with Crippen LogP contribution in [0, 0.1) is 13.8 Å². The smallest absolute Gasteiger partial charge is 0.134 e. The van der Waals surface area contributed by atoms with Crippen molar-refractivity contribution in [2.24, 2.45) is 0 Å². The standard InChI is InChI=1S/C18H20O2/c1-12-9-17(10-13(2)18(12)20-4)16-7-5-15(6-8-16)11-14(3)19/h5-10H,11H2,1-4H3. The van der Waals surface area contributed by atoms with Gasteiger partial charge in [0, 0.05) is 6.42 Å². The highest BCUT2D eigenvalue weighted by Crippen LogP contribution is 2.30. The van der Waals surface area contributed by atoms with Gasteiger partial charge in [-0.25, -0.2) is 0 Å². The van der Waals surface area contributed by atoms with Gasteiger partial charge in [0.05, 0.1) is 7.11 Å². The molecule has 2 nitrogen and oxygen atoms in total. The second-order valence-corrected chi connectivity index (χ2v) is 5.22. The third-order valence-corrected chi connectivity index (χ3v) is 3.40. The van der Waals surface area contributed by atoms with E-state index in [2.05, 4.69) is 38.1 Å². The number of ether oxygens (including phenoxy) is 1. The topological polar surface area (TPSA) is 26.3 Å². The maximum absolute atomic E-state index is 11.1. The van der Waals surface area contributed by atoms with Crippen molar-refractivity contribution in [3.63, 3.8) is 0 Å². The van der Waals surface area contributed by atoms with Gasteiger partial charge in [0.2, 0.25) is 0 Å². The van der Waals surface area contributed by atoms with E-state index in [-0.39, 0.29) is 5.78 Å². The molecule has 0 fully saturated rings. The first-order valence-electron chi connectivity index (χ1n) is 6.75. The molecule has 2 aromatic carbocycles. The Morgan fingerprint density at radius 2 is 1.55 bits per heavy atom. The molecule has 0 aliphatic heterocycles. The van der Waals surface area contributed by atoms with E-state index < -0.39 is 0 Å². The van der Waals surface area contributed by atoms with Crippen LogP contribution in [0.25, 0.3) is 11.1 Å². The highest BCUT2D eigenvalue weighted by molar-refractivity contribution is 5.78. The number of benzene rings is 2. The lowest BCUT2D eigenvalue weighted by Crippen LogP contribution is -1.96. The number of Topliss-reactive ketones (excluding diaryl/α,β-unsaturated/α-hetero) is 1. The van der Waals surface area contributed by atoms with Crippen molar-refractivity contribution in [2.75, 3.05) is 7.11 Å². The number of carbonyl (C=O) groups is 1. The molecule has 0 aromatic heterocycles. The number of hydrogen-bond donors (Lipinski definition) is 0. The second-order valence-electron chi connectivity index (χ2n) is 5.22. The summed E-state index contributed by atoms with van der Waals surface area (Å²) in [5, 5.41) is 0. The molecule has 2 heteroatoms. The van der Waals surface area contributed by atoms with E-state index in [0.29, 0.717) is 6.42 Å². The van der Waals surface area contributed by atoms with Crippen LogP contribution in [0.4, 0.5) is 0 Å². The maximum Gasteiger partial charge on any atom is 0.134 e. The van der Waals surface area contributed by atoms with Crippen molar-refractivity contribution in [3.8, 4) is 16.9 Å². The van der Waals surface area contributed by atoms with Gasteiger partial charge in [-0.15, -0.1) is 0 Å². The van der Waals surface area contributed by atoms with Crippen LogP contribution in [0.3, 0.4) is 0 Å². The van der Waals surface area contributed by atoms with Gasteiger partial charge in [-0.2, -0.15) is 0 Å². The third kappa shape index (κ3) is 3.08. The molecule has 2 rings (SSSR count). The Bertz CT molecular complexity index is 601. The highest BCUT2D eigenvalue weighted by Gasteiger charge is 2.07. The van der Waals surface area contributed by atoms with Crippen molar-refractivity contribution < 1.29 is 9.53 Å². The van der Waals surface area contributed by atoms with Crippen molar-refractivity contribution >= 4 is 5.78 Å². The predicted octanol–water partition coefficient (Wildman–Crippen LogP) is 4.11. The summed E-state index contributed by atoms with van der Waals surface area (Å²) < 4.78 is 5.39. The molecular weight excluding hydrogens is 248 g/mol. The summed E-state index contributed by atoms with van der Waals surface area (Å²) in [5.41, 5.74) is 5.66. The molecule has 0 saturated heterocycles. The van der Waals surface area contributed by atoms with Crippen LogP contribution < -0.4 is 4.74 Å². The number of methoxy groups -OCH3 is 1. The Morgan fingerprint density at radius 1 is 1.00 bits per heavy atom. The summed E-state index contributed by atoms with van der Waals surface area (Å²) in [7, 11) is 1.70. The molecule has 0 spiro atoms. The van der Waals surface area contributed by atoms with Gasteiger partial charge in [0.1, 0.15) is 11.5 Å². The summed E-state index contributed by atoms with van der Waals surface area (Å²) in [6, 6.07) is 12.4. The Labute approximate surface area is 120 Å². The Hall–Kier alpha value is -2.09. The van der Waals surface area contributed by atoms with Crippen molar-refractivity contribution in [1.29, 1.82) is 0 Å². The first kappa shape index (κ1) is 14.3. The van der Waals surface area contributed by atoms with Gasteiger partial charge >= 0.3 is 0 Å². The molecular formula is C18H20O2. The maximum atomic E-state index is 11.1. The molecule has 0 amide bonds. The second kappa shape index (κ2) is 5.91. The van der Waals surface area contributed by atoms with Gasteiger partial charge in [-0.05, 0) is 60.7 Å². The summed E-state index contributed by atoms with van der Waals surface area (Å²) >= 11 is 0. The molecule has 0 atom stereocenters. The van der Waals surface area contributed by atoms with Crippen LogP contribution in [-0.2, 0) is 11.2 Å². The van der Waals surface area contributed by atoms with Crippen LogP contribution >= 0.6 is 0 Å². The molecule has 0 aliphatic rings. The first-order valence-corrected chi connectivity index (χ1v) is 6.75. The Kier molecular flexibility index (Phi) is 4.23. The molecule has 0 aliphatic carbocycles. The molecule has 0 radical (unpaired) electrons. The summed E-state index contributed by atoms with van der Waals surface area (Å²) in [6.45, 7) is 5.73. The third-order valence-electron chi connectivity index (χ3n) is 3.40. The normalized spacial score (nSPS) is 10.4. The molecule has 0 N–H and O–H groups in total. The average Bonchev–Trinajstić information content (AvgIpc) is 2.38. The van der Waals surface area contributed by atoms with Gasteiger partial charge in [0.25, 0.3) is 0 Å². The number of ketones is 1. The van der Waals surface area contributed by atoms with E-state index in [1.807, 2.05) is 12.1 Å². The van der Waals surface area contributed by atoms with E-state index in [1.165, 1.54) is 5.56 Å². The monoisotopic (exact) mass is 268 g/mol. The SMILES string of the molecule is COc1c(C)cc(-c2ccc(CC(C)=O)cc2)cc1C. The molecule has 0 unspecified atom stereocenters. The molecule has 104 valence electrons. The van der Waals surface area contributed by atoms with E-state index in [4.69, 9.17) is 4.74 Å². The number of hydrogen-bond acceptors (Lipinski definition) is 2. The number of rotatable bonds is 4. The molecule has 20 heavy (non-hydrogen) atoms. The Morgan fingerprint density at radius 3 is 2.00 bits per heavy atom. The van der Waals surface area contributed by atoms with Gasteiger partial charge in [-0.1, -0.05) is 24.3 Å². The van der Waals surface area contributed by atoms with E-state index >= 15 is 0 Å². The van der Waals surface area contributed by atoms with Gasteiger partial charge < -0.3 is 4.74 Å². The number of carbonyl (C=O) groups excluding carboxylic acids is 1. The van der Waals surface area contributed by atoms with E-state index in [1.54, 1.807) is 14.0 Å². The van der Waals surface area contributed by atoms with Crippen LogP contribution in [0.1, 0.15) is 23.6 Å². The zero-order valence-electron chi connectivity index (χ0n) is 12.5. The lowest BCUT2D eigenvalue weighted by molar-refractivity contribution is -0.116. The lowest BCUT2D eigenvalue weighted by Gasteiger charge is -2.12. The average molecular weight is 268 g/mol. The Balaban J connectivity index is 2.34. The zero-order chi connectivity index (χ0) is 14.7. The first-order chi connectivity index (χ1) is 9.51. The minimum absolute atomic E-state index is 0.189. The fourth-order valence-corrected chi connectivity index (χ4v) is 2.54. The van der Waals surface area contributed by atoms with Crippen LogP contribution in [0.5, 0.6) is 5.75 Å². The summed E-state index contributed by atoms with van der Waals surface area (Å²) in [4.78, 5) is 11.1. The summed E-state index contributed by atoms with van der Waals surface area (Å²) in [6.07, 6.45) is 0.501. The summed E-state index contributed by atoms with van der Waals surface area (Å²) in [5.74, 6) is 1.14. The van der Waals surface area contributed by atoms with Crippen LogP contribution in [0.2, 0.25) is 0 Å². The quantitative estimate of drug-likeness (QED) is 0.834. The van der Waals surface area contributed by atoms with E-state index in [0.717, 1.165) is 28.0 Å². The highest BCUT2D eigenvalue weighted by atomic mass is 16.5. The minimum Gasteiger partial charge on any atom is -0.496 e. The lowest BCUT2D eigenvalue weighted by atomic mass is 9.98. The van der Waals surface area contributed by atoms with E-state index in [9.17, 15) is 4.79 Å². The molecule has 0 saturated carbocycles. The fraction of sp³-hybridized carbons (Fsp3) is 0.278. The van der Waals surface area contributed by atoms with Crippen LogP contribution in [-0.4, -0.2) is 12.9 Å². The van der Waals surface area contributed by atoms with Gasteiger partial charge in [0.15, 0.2) is 0 Å². The van der Waals surface area contributed by atoms with Gasteiger partial charge in [-0.3, -0.25) is 4.79 Å². The van der Waals surface area contributed by atoms with Crippen molar-refractivity contribution in [3.05, 3.63) is 53.1 Å². The van der Waals surface area contributed by atoms with Crippen LogP contribution in [0.15, 0.2) is 36.4 Å². The molecule has 2 aromatic rings. The minimum atomic E-state index is 0.189. The molecule has 0 heterocycles. The number of aryl methyl sites for hydroxylation is 2.